The molecule has 1 aliphatic rings. The molecule has 1 atom stereocenters. The van der Waals surface area contributed by atoms with Crippen molar-refractivity contribution in [2.24, 2.45) is 15.9 Å². The van der Waals surface area contributed by atoms with Gasteiger partial charge in [0.15, 0.2) is 5.71 Å². The number of nitrogens with zero attached hydrogens (tertiary/aromatic N) is 2. The van der Waals surface area contributed by atoms with Gasteiger partial charge >= 0.3 is 6.18 Å². The summed E-state index contributed by atoms with van der Waals surface area (Å²) < 4.78 is 37.0. The highest BCUT2D eigenvalue weighted by atomic mass is 19.4. The van der Waals surface area contributed by atoms with Crippen LogP contribution in [-0.4, -0.2) is 23.1 Å². The molecule has 0 aromatic heterocycles. The van der Waals surface area contributed by atoms with Crippen LogP contribution in [0.1, 0.15) is 20.3 Å². The standard InChI is InChI=1S/C7H10F3N3/c1-3-6(11)4(2)12-13-5(6)7(8,9)10/h3,11H2,1-2H3. The van der Waals surface area contributed by atoms with Crippen LogP contribution in [0.3, 0.4) is 0 Å². The van der Waals surface area contributed by atoms with Crippen LogP contribution in [0.15, 0.2) is 10.2 Å². The van der Waals surface area contributed by atoms with Crippen molar-refractivity contribution < 1.29 is 13.2 Å². The van der Waals surface area contributed by atoms with Gasteiger partial charge < -0.3 is 5.73 Å². The summed E-state index contributed by atoms with van der Waals surface area (Å²) in [7, 11) is 0. The zero-order valence-corrected chi connectivity index (χ0v) is 7.31. The van der Waals surface area contributed by atoms with Crippen molar-refractivity contribution in [1.82, 2.24) is 0 Å². The van der Waals surface area contributed by atoms with Gasteiger partial charge in [-0.3, -0.25) is 0 Å². The molecule has 0 radical (unpaired) electrons. The predicted octanol–water partition coefficient (Wildman–Crippen LogP) is 1.49. The summed E-state index contributed by atoms with van der Waals surface area (Å²) >= 11 is 0. The molecule has 0 fully saturated rings. The van der Waals surface area contributed by atoms with E-state index in [0.717, 1.165) is 0 Å². The van der Waals surface area contributed by atoms with E-state index in [-0.39, 0.29) is 12.1 Å². The lowest BCUT2D eigenvalue weighted by atomic mass is 9.87. The minimum Gasteiger partial charge on any atom is -0.315 e. The third-order valence-corrected chi connectivity index (χ3v) is 2.19. The van der Waals surface area contributed by atoms with Crippen molar-refractivity contribution in [3.63, 3.8) is 0 Å². The molecular weight excluding hydrogens is 183 g/mol. The van der Waals surface area contributed by atoms with Crippen LogP contribution in [0.5, 0.6) is 0 Å². The van der Waals surface area contributed by atoms with Gasteiger partial charge in [-0.05, 0) is 13.3 Å². The molecule has 0 aromatic rings. The van der Waals surface area contributed by atoms with Crippen LogP contribution in [0.2, 0.25) is 0 Å². The van der Waals surface area contributed by atoms with Gasteiger partial charge in [-0.25, -0.2) is 0 Å². The first-order valence-corrected chi connectivity index (χ1v) is 3.81. The normalized spacial score (nSPS) is 28.8. The molecule has 1 unspecified atom stereocenters. The second-order valence-electron chi connectivity index (χ2n) is 2.96. The lowest BCUT2D eigenvalue weighted by molar-refractivity contribution is -0.0622. The predicted molar refractivity (Wildman–Crippen MR) is 43.8 cm³/mol. The van der Waals surface area contributed by atoms with E-state index in [0.29, 0.717) is 0 Å². The Labute approximate surface area is 73.5 Å². The van der Waals surface area contributed by atoms with E-state index in [9.17, 15) is 13.2 Å². The molecule has 1 heterocycles. The van der Waals surface area contributed by atoms with Crippen molar-refractivity contribution in [1.29, 1.82) is 0 Å². The molecule has 1 rings (SSSR count). The molecule has 6 heteroatoms. The smallest absolute Gasteiger partial charge is 0.315 e. The third kappa shape index (κ3) is 1.46. The Kier molecular flexibility index (Phi) is 2.19. The Balaban J connectivity index is 3.06. The van der Waals surface area contributed by atoms with Gasteiger partial charge in [-0.15, -0.1) is 5.10 Å². The van der Waals surface area contributed by atoms with Gasteiger partial charge in [0.2, 0.25) is 0 Å². The van der Waals surface area contributed by atoms with Gasteiger partial charge in [0.1, 0.15) is 5.54 Å². The monoisotopic (exact) mass is 193 g/mol. The molecular formula is C7H10F3N3. The van der Waals surface area contributed by atoms with Crippen LogP contribution in [0.25, 0.3) is 0 Å². The number of hydrogen-bond donors (Lipinski definition) is 1. The summed E-state index contributed by atoms with van der Waals surface area (Å²) in [5.41, 5.74) is 3.23. The van der Waals surface area contributed by atoms with Crippen LogP contribution >= 0.6 is 0 Å². The lowest BCUT2D eigenvalue weighted by Gasteiger charge is -2.25. The summed E-state index contributed by atoms with van der Waals surface area (Å²) in [6, 6.07) is 0. The first-order chi connectivity index (χ1) is 5.82. The van der Waals surface area contributed by atoms with E-state index < -0.39 is 17.4 Å². The Bertz CT molecular complexity index is 279. The van der Waals surface area contributed by atoms with Gasteiger partial charge in [0.25, 0.3) is 0 Å². The number of alkyl halides is 3. The molecule has 0 amide bonds. The lowest BCUT2D eigenvalue weighted by Crippen LogP contribution is -2.56. The van der Waals surface area contributed by atoms with Crippen molar-refractivity contribution >= 4 is 11.4 Å². The average molecular weight is 193 g/mol. The highest BCUT2D eigenvalue weighted by Gasteiger charge is 2.51. The first-order valence-electron chi connectivity index (χ1n) is 3.81. The molecule has 0 aromatic carbocycles. The molecule has 0 saturated heterocycles. The fourth-order valence-corrected chi connectivity index (χ4v) is 1.21. The Morgan fingerprint density at radius 2 is 1.92 bits per heavy atom. The Morgan fingerprint density at radius 3 is 2.23 bits per heavy atom. The number of rotatable bonds is 1. The van der Waals surface area contributed by atoms with Crippen LogP contribution in [0, 0.1) is 0 Å². The zero-order valence-electron chi connectivity index (χ0n) is 7.31. The molecule has 0 aliphatic carbocycles. The second-order valence-corrected chi connectivity index (χ2v) is 2.96. The van der Waals surface area contributed by atoms with Crippen molar-refractivity contribution in [3.8, 4) is 0 Å². The number of halogens is 3. The molecule has 0 spiro atoms. The maximum atomic E-state index is 12.3. The average Bonchev–Trinajstić information content (AvgIpc) is 2.28. The fourth-order valence-electron chi connectivity index (χ4n) is 1.21. The summed E-state index contributed by atoms with van der Waals surface area (Å²) in [6.07, 6.45) is -4.35. The van der Waals surface area contributed by atoms with Gasteiger partial charge in [-0.1, -0.05) is 6.92 Å². The molecule has 0 bridgehead atoms. The SMILES string of the molecule is CCC1(N)C(C)=NN=C1C(F)(F)F. The first kappa shape index (κ1) is 10.2. The molecule has 3 nitrogen and oxygen atoms in total. The van der Waals surface area contributed by atoms with Gasteiger partial charge in [-0.2, -0.15) is 18.3 Å². The highest BCUT2D eigenvalue weighted by Crippen LogP contribution is 2.30. The zero-order chi connectivity index (χ0) is 10.3. The maximum absolute atomic E-state index is 12.3. The molecule has 2 N–H and O–H groups in total. The van der Waals surface area contributed by atoms with Crippen LogP contribution < -0.4 is 5.73 Å². The van der Waals surface area contributed by atoms with Crippen LogP contribution in [0.4, 0.5) is 13.2 Å². The fraction of sp³-hybridized carbons (Fsp3) is 0.714. The van der Waals surface area contributed by atoms with E-state index in [4.69, 9.17) is 5.73 Å². The maximum Gasteiger partial charge on any atom is 0.433 e. The number of nitrogens with two attached hydrogens (primary N) is 1. The summed E-state index contributed by atoms with van der Waals surface area (Å²) in [6.45, 7) is 3.03. The minimum atomic E-state index is -4.49. The van der Waals surface area contributed by atoms with Gasteiger partial charge in [0.05, 0.1) is 5.71 Å². The largest absolute Gasteiger partial charge is 0.433 e. The molecule has 0 saturated carbocycles. The quantitative estimate of drug-likeness (QED) is 0.673. The molecule has 13 heavy (non-hydrogen) atoms. The van der Waals surface area contributed by atoms with Gasteiger partial charge in [0, 0.05) is 0 Å². The van der Waals surface area contributed by atoms with E-state index in [2.05, 4.69) is 10.2 Å². The van der Waals surface area contributed by atoms with Crippen molar-refractivity contribution in [3.05, 3.63) is 0 Å². The second kappa shape index (κ2) is 2.80. The summed E-state index contributed by atoms with van der Waals surface area (Å²) in [5.74, 6) is 0. The highest BCUT2D eigenvalue weighted by molar-refractivity contribution is 6.19. The third-order valence-electron chi connectivity index (χ3n) is 2.19. The summed E-state index contributed by atoms with van der Waals surface area (Å²) in [4.78, 5) is 0. The van der Waals surface area contributed by atoms with Crippen molar-refractivity contribution in [2.45, 2.75) is 32.0 Å². The van der Waals surface area contributed by atoms with Crippen molar-refractivity contribution in [2.75, 3.05) is 0 Å². The molecule has 74 valence electrons. The van der Waals surface area contributed by atoms with E-state index >= 15 is 0 Å². The van der Waals surface area contributed by atoms with Crippen LogP contribution in [-0.2, 0) is 0 Å². The summed E-state index contributed by atoms with van der Waals surface area (Å²) in [5, 5.41) is 6.43. The Morgan fingerprint density at radius 1 is 1.38 bits per heavy atom. The molecule has 1 aliphatic heterocycles. The van der Waals surface area contributed by atoms with E-state index in [1.54, 1.807) is 6.92 Å². The topological polar surface area (TPSA) is 50.7 Å². The number of hydrogen-bond acceptors (Lipinski definition) is 3. The van der Waals surface area contributed by atoms with E-state index in [1.165, 1.54) is 6.92 Å². The minimum absolute atomic E-state index is 0.140. The van der Waals surface area contributed by atoms with E-state index in [1.807, 2.05) is 0 Å². The Hall–Kier alpha value is -0.910.